The van der Waals surface area contributed by atoms with Gasteiger partial charge in [-0.05, 0) is 30.9 Å². The van der Waals surface area contributed by atoms with Crippen LogP contribution in [0.1, 0.15) is 29.6 Å². The Balaban J connectivity index is 2.12. The van der Waals surface area contributed by atoms with Crippen molar-refractivity contribution in [3.05, 3.63) is 23.8 Å². The van der Waals surface area contributed by atoms with Crippen LogP contribution in [0.3, 0.4) is 0 Å². The highest BCUT2D eigenvalue weighted by molar-refractivity contribution is 5.95. The fraction of sp³-hybridized carbons (Fsp3) is 0.467. The molecule has 6 heteroatoms. The van der Waals surface area contributed by atoms with Crippen LogP contribution in [-0.4, -0.2) is 37.2 Å². The molecule has 0 radical (unpaired) electrons. The van der Waals surface area contributed by atoms with E-state index in [-0.39, 0.29) is 24.3 Å². The number of amides is 1. The van der Waals surface area contributed by atoms with E-state index in [1.165, 1.54) is 14.2 Å². The van der Waals surface area contributed by atoms with Gasteiger partial charge in [0, 0.05) is 17.7 Å². The van der Waals surface area contributed by atoms with Crippen LogP contribution in [0.5, 0.6) is 11.5 Å². The third kappa shape index (κ3) is 4.11. The molecule has 1 amide bonds. The molecule has 21 heavy (non-hydrogen) atoms. The molecule has 0 spiro atoms. The molecule has 1 aromatic carbocycles. The maximum atomic E-state index is 12.3. The topological polar surface area (TPSA) is 84.9 Å². The Kier molecular flexibility index (Phi) is 4.67. The molecule has 0 aliphatic heterocycles. The van der Waals surface area contributed by atoms with Gasteiger partial charge in [-0.1, -0.05) is 0 Å². The molecule has 0 aromatic heterocycles. The first-order chi connectivity index (χ1) is 10.0. The van der Waals surface area contributed by atoms with Gasteiger partial charge in [0.2, 0.25) is 0 Å². The average molecular weight is 293 g/mol. The lowest BCUT2D eigenvalue weighted by Gasteiger charge is -2.17. The van der Waals surface area contributed by atoms with Crippen LogP contribution >= 0.6 is 0 Å². The summed E-state index contributed by atoms with van der Waals surface area (Å²) in [5.74, 6) is 0.0692. The number of carbonyl (C=O) groups excluding carboxylic acids is 1. The molecule has 1 aromatic rings. The SMILES string of the molecule is COc1cc(OC)cc(C(=O)NC(CC(=O)O)C2CC2)c1. The fourth-order valence-electron chi connectivity index (χ4n) is 2.21. The van der Waals surface area contributed by atoms with Gasteiger partial charge in [0.15, 0.2) is 0 Å². The first-order valence-corrected chi connectivity index (χ1v) is 6.79. The number of ether oxygens (including phenoxy) is 2. The van der Waals surface area contributed by atoms with Crippen LogP contribution in [-0.2, 0) is 4.79 Å². The minimum absolute atomic E-state index is 0.0580. The van der Waals surface area contributed by atoms with Gasteiger partial charge in [-0.25, -0.2) is 0 Å². The van der Waals surface area contributed by atoms with E-state index in [9.17, 15) is 9.59 Å². The molecule has 1 fully saturated rings. The van der Waals surface area contributed by atoms with Crippen molar-refractivity contribution >= 4 is 11.9 Å². The van der Waals surface area contributed by atoms with Gasteiger partial charge in [-0.2, -0.15) is 0 Å². The Labute approximate surface area is 123 Å². The predicted molar refractivity (Wildman–Crippen MR) is 75.8 cm³/mol. The van der Waals surface area contributed by atoms with E-state index in [0.29, 0.717) is 17.1 Å². The third-order valence-corrected chi connectivity index (χ3v) is 3.52. The molecule has 0 heterocycles. The van der Waals surface area contributed by atoms with E-state index in [1.54, 1.807) is 18.2 Å². The standard InChI is InChI=1S/C15H19NO5/c1-20-11-5-10(6-12(7-11)21-2)15(19)16-13(8-14(17)18)9-3-4-9/h5-7,9,13H,3-4,8H2,1-2H3,(H,16,19)(H,17,18). The smallest absolute Gasteiger partial charge is 0.305 e. The number of carbonyl (C=O) groups is 2. The second kappa shape index (κ2) is 6.47. The summed E-state index contributed by atoms with van der Waals surface area (Å²) in [7, 11) is 3.02. The van der Waals surface area contributed by atoms with Gasteiger partial charge in [0.1, 0.15) is 11.5 Å². The van der Waals surface area contributed by atoms with Gasteiger partial charge in [0.05, 0.1) is 20.6 Å². The number of methoxy groups -OCH3 is 2. The number of benzene rings is 1. The summed E-state index contributed by atoms with van der Waals surface area (Å²) in [6.07, 6.45) is 1.86. The number of hydrogen-bond acceptors (Lipinski definition) is 4. The maximum Gasteiger partial charge on any atom is 0.305 e. The van der Waals surface area contributed by atoms with Crippen LogP contribution in [0, 0.1) is 5.92 Å². The fourth-order valence-corrected chi connectivity index (χ4v) is 2.21. The Morgan fingerprint density at radius 1 is 1.24 bits per heavy atom. The lowest BCUT2D eigenvalue weighted by atomic mass is 10.1. The quantitative estimate of drug-likeness (QED) is 0.799. The lowest BCUT2D eigenvalue weighted by molar-refractivity contribution is -0.137. The molecule has 1 unspecified atom stereocenters. The minimum atomic E-state index is -0.907. The molecule has 2 rings (SSSR count). The van der Waals surface area contributed by atoms with Crippen molar-refractivity contribution in [1.29, 1.82) is 0 Å². The molecule has 1 aliphatic rings. The van der Waals surface area contributed by atoms with Gasteiger partial charge >= 0.3 is 5.97 Å². The van der Waals surface area contributed by atoms with Crippen molar-refractivity contribution in [2.45, 2.75) is 25.3 Å². The zero-order valence-corrected chi connectivity index (χ0v) is 12.1. The highest BCUT2D eigenvalue weighted by Gasteiger charge is 2.34. The molecular weight excluding hydrogens is 274 g/mol. The highest BCUT2D eigenvalue weighted by atomic mass is 16.5. The molecule has 1 saturated carbocycles. The van der Waals surface area contributed by atoms with E-state index in [2.05, 4.69) is 5.32 Å². The minimum Gasteiger partial charge on any atom is -0.497 e. The number of aliphatic carboxylic acids is 1. The first-order valence-electron chi connectivity index (χ1n) is 6.79. The van der Waals surface area contributed by atoms with Crippen molar-refractivity contribution in [2.24, 2.45) is 5.92 Å². The summed E-state index contributed by atoms with van der Waals surface area (Å²) < 4.78 is 10.2. The molecule has 6 nitrogen and oxygen atoms in total. The molecule has 1 atom stereocenters. The van der Waals surface area contributed by atoms with Gasteiger partial charge in [-0.15, -0.1) is 0 Å². The summed E-state index contributed by atoms with van der Waals surface area (Å²) in [5.41, 5.74) is 0.391. The molecule has 0 saturated heterocycles. The largest absolute Gasteiger partial charge is 0.497 e. The van der Waals surface area contributed by atoms with Crippen LogP contribution in [0.4, 0.5) is 0 Å². The van der Waals surface area contributed by atoms with Crippen molar-refractivity contribution in [1.82, 2.24) is 5.32 Å². The van der Waals surface area contributed by atoms with E-state index in [0.717, 1.165) is 12.8 Å². The van der Waals surface area contributed by atoms with Gasteiger partial charge in [0.25, 0.3) is 5.91 Å². The monoisotopic (exact) mass is 293 g/mol. The summed E-state index contributed by atoms with van der Waals surface area (Å²) >= 11 is 0. The predicted octanol–water partition coefficient (Wildman–Crippen LogP) is 1.69. The van der Waals surface area contributed by atoms with Crippen molar-refractivity contribution in [3.63, 3.8) is 0 Å². The Morgan fingerprint density at radius 2 is 1.81 bits per heavy atom. The maximum absolute atomic E-state index is 12.3. The van der Waals surface area contributed by atoms with E-state index in [1.807, 2.05) is 0 Å². The number of carboxylic acids is 1. The Hall–Kier alpha value is -2.24. The normalized spacial score (nSPS) is 15.1. The van der Waals surface area contributed by atoms with Crippen molar-refractivity contribution < 1.29 is 24.2 Å². The van der Waals surface area contributed by atoms with Crippen molar-refractivity contribution in [2.75, 3.05) is 14.2 Å². The number of carboxylic acid groups (broad SMARTS) is 1. The Morgan fingerprint density at radius 3 is 2.24 bits per heavy atom. The average Bonchev–Trinajstić information content (AvgIpc) is 3.30. The van der Waals surface area contributed by atoms with Crippen LogP contribution < -0.4 is 14.8 Å². The summed E-state index contributed by atoms with van der Waals surface area (Å²) in [4.78, 5) is 23.2. The molecule has 114 valence electrons. The van der Waals surface area contributed by atoms with E-state index >= 15 is 0 Å². The molecule has 2 N–H and O–H groups in total. The van der Waals surface area contributed by atoms with Crippen LogP contribution in [0.15, 0.2) is 18.2 Å². The van der Waals surface area contributed by atoms with Crippen LogP contribution in [0.25, 0.3) is 0 Å². The zero-order valence-electron chi connectivity index (χ0n) is 12.1. The molecular formula is C15H19NO5. The second-order valence-corrected chi connectivity index (χ2v) is 5.12. The van der Waals surface area contributed by atoms with Gasteiger partial charge < -0.3 is 19.9 Å². The molecule has 0 bridgehead atoms. The summed E-state index contributed by atoms with van der Waals surface area (Å²) in [6, 6.07) is 4.55. The van der Waals surface area contributed by atoms with E-state index < -0.39 is 5.97 Å². The van der Waals surface area contributed by atoms with Crippen molar-refractivity contribution in [3.8, 4) is 11.5 Å². The second-order valence-electron chi connectivity index (χ2n) is 5.12. The highest BCUT2D eigenvalue weighted by Crippen LogP contribution is 2.34. The Bertz CT molecular complexity index is 517. The zero-order chi connectivity index (χ0) is 15.4. The third-order valence-electron chi connectivity index (χ3n) is 3.52. The lowest BCUT2D eigenvalue weighted by Crippen LogP contribution is -2.38. The summed E-state index contributed by atoms with van der Waals surface area (Å²) in [5, 5.41) is 11.7. The van der Waals surface area contributed by atoms with Gasteiger partial charge in [-0.3, -0.25) is 9.59 Å². The van der Waals surface area contributed by atoms with Crippen LogP contribution in [0.2, 0.25) is 0 Å². The number of hydrogen-bond donors (Lipinski definition) is 2. The number of nitrogens with one attached hydrogen (secondary N) is 1. The summed E-state index contributed by atoms with van der Waals surface area (Å²) in [6.45, 7) is 0. The first kappa shape index (κ1) is 15.2. The number of rotatable bonds is 7. The van der Waals surface area contributed by atoms with E-state index in [4.69, 9.17) is 14.6 Å². The molecule has 1 aliphatic carbocycles.